The van der Waals surface area contributed by atoms with Crippen LogP contribution in [-0.2, 0) is 20.8 Å². The molecule has 9 heteroatoms. The molecule has 8 atom stereocenters. The number of likely N-dealkylation sites (N-methyl/N-ethyl adjacent to an activating group) is 2. The van der Waals surface area contributed by atoms with Crippen molar-refractivity contribution in [3.8, 4) is 0 Å². The molecule has 3 heterocycles. The first-order chi connectivity index (χ1) is 13.1. The standard InChI is InChI=1S/C18H29N3O6/c1-19-11-8-12-16(14(20-2)15(11)22)27-18(23)13(5-7-25-17(18)26-12)21-9-10-4-3-6-24-10/h3-4,6,11-17,19-23H,5,7-9H2,1-2H3/t11-,12?,13+,14-,15-,16?,17?,18-/m0/s1. The Morgan fingerprint density at radius 1 is 1.30 bits per heavy atom. The summed E-state index contributed by atoms with van der Waals surface area (Å²) >= 11 is 0. The maximum absolute atomic E-state index is 11.4. The molecule has 1 aromatic heterocycles. The Bertz CT molecular complexity index is 616. The fraction of sp³-hybridized carbons (Fsp3) is 0.778. The van der Waals surface area contributed by atoms with Crippen LogP contribution in [0, 0.1) is 0 Å². The van der Waals surface area contributed by atoms with Crippen LogP contribution >= 0.6 is 0 Å². The van der Waals surface area contributed by atoms with Crippen molar-refractivity contribution in [2.45, 2.75) is 67.9 Å². The largest absolute Gasteiger partial charge is 0.468 e. The van der Waals surface area contributed by atoms with Crippen molar-refractivity contribution in [2.24, 2.45) is 0 Å². The van der Waals surface area contributed by atoms with Gasteiger partial charge in [-0.15, -0.1) is 0 Å². The highest BCUT2D eigenvalue weighted by atomic mass is 16.8. The molecule has 5 N–H and O–H groups in total. The zero-order valence-corrected chi connectivity index (χ0v) is 15.6. The molecule has 1 saturated carbocycles. The van der Waals surface area contributed by atoms with Gasteiger partial charge in [0.1, 0.15) is 11.9 Å². The Kier molecular flexibility index (Phi) is 5.55. The first-order valence-corrected chi connectivity index (χ1v) is 9.52. The Morgan fingerprint density at radius 2 is 2.15 bits per heavy atom. The number of hydrogen-bond acceptors (Lipinski definition) is 9. The Hall–Kier alpha value is -1.04. The van der Waals surface area contributed by atoms with Crippen molar-refractivity contribution in [2.75, 3.05) is 20.7 Å². The van der Waals surface area contributed by atoms with E-state index in [-0.39, 0.29) is 24.2 Å². The van der Waals surface area contributed by atoms with Crippen LogP contribution in [-0.4, -0.2) is 79.4 Å². The molecule has 2 aliphatic heterocycles. The predicted octanol–water partition coefficient (Wildman–Crippen LogP) is -1.10. The van der Waals surface area contributed by atoms with Gasteiger partial charge in [-0.05, 0) is 39.1 Å². The van der Waals surface area contributed by atoms with Crippen LogP contribution in [0.15, 0.2) is 22.8 Å². The normalized spacial score (nSPS) is 44.5. The lowest BCUT2D eigenvalue weighted by molar-refractivity contribution is -0.435. The first kappa shape index (κ1) is 19.3. The van der Waals surface area contributed by atoms with Crippen LogP contribution in [0.5, 0.6) is 0 Å². The molecule has 3 aliphatic rings. The second kappa shape index (κ2) is 7.76. The molecule has 1 aromatic rings. The third kappa shape index (κ3) is 3.43. The van der Waals surface area contributed by atoms with Gasteiger partial charge in [-0.1, -0.05) is 0 Å². The highest BCUT2D eigenvalue weighted by Gasteiger charge is 2.60. The van der Waals surface area contributed by atoms with Gasteiger partial charge >= 0.3 is 0 Å². The van der Waals surface area contributed by atoms with Crippen molar-refractivity contribution in [1.82, 2.24) is 16.0 Å². The zero-order valence-electron chi connectivity index (χ0n) is 15.6. The highest BCUT2D eigenvalue weighted by Crippen LogP contribution is 2.40. The van der Waals surface area contributed by atoms with Crippen molar-refractivity contribution in [3.05, 3.63) is 24.2 Å². The lowest BCUT2D eigenvalue weighted by Crippen LogP contribution is -2.75. The van der Waals surface area contributed by atoms with E-state index in [9.17, 15) is 10.2 Å². The zero-order chi connectivity index (χ0) is 19.0. The minimum Gasteiger partial charge on any atom is -0.468 e. The molecule has 3 fully saturated rings. The molecular formula is C18H29N3O6. The second-order valence-corrected chi connectivity index (χ2v) is 7.45. The maximum atomic E-state index is 11.4. The molecule has 1 aliphatic carbocycles. The third-order valence-corrected chi connectivity index (χ3v) is 5.93. The lowest BCUT2D eigenvalue weighted by atomic mass is 9.82. The fourth-order valence-corrected chi connectivity index (χ4v) is 4.43. The topological polar surface area (TPSA) is 117 Å². The summed E-state index contributed by atoms with van der Waals surface area (Å²) in [5.41, 5.74) is 0. The van der Waals surface area contributed by atoms with Crippen molar-refractivity contribution in [1.29, 1.82) is 0 Å². The van der Waals surface area contributed by atoms with E-state index in [0.717, 1.165) is 5.76 Å². The average Bonchev–Trinajstić information content (AvgIpc) is 3.18. The Labute approximate surface area is 158 Å². The third-order valence-electron chi connectivity index (χ3n) is 5.93. The Balaban J connectivity index is 1.52. The summed E-state index contributed by atoms with van der Waals surface area (Å²) in [4.78, 5) is 0. The van der Waals surface area contributed by atoms with Crippen molar-refractivity contribution >= 4 is 0 Å². The van der Waals surface area contributed by atoms with Crippen LogP contribution < -0.4 is 16.0 Å². The average molecular weight is 383 g/mol. The highest BCUT2D eigenvalue weighted by molar-refractivity contribution is 5.06. The van der Waals surface area contributed by atoms with E-state index in [1.807, 2.05) is 19.2 Å². The van der Waals surface area contributed by atoms with Crippen LogP contribution in [0.3, 0.4) is 0 Å². The molecule has 9 nitrogen and oxygen atoms in total. The first-order valence-electron chi connectivity index (χ1n) is 9.52. The van der Waals surface area contributed by atoms with Gasteiger partial charge in [-0.3, -0.25) is 0 Å². The van der Waals surface area contributed by atoms with Gasteiger partial charge in [-0.25, -0.2) is 0 Å². The molecule has 0 aromatic carbocycles. The summed E-state index contributed by atoms with van der Waals surface area (Å²) in [5, 5.41) is 31.5. The molecule has 152 valence electrons. The van der Waals surface area contributed by atoms with Gasteiger partial charge in [-0.2, -0.15) is 0 Å². The van der Waals surface area contributed by atoms with E-state index in [1.54, 1.807) is 13.3 Å². The number of aliphatic hydroxyl groups is 2. The molecular weight excluding hydrogens is 354 g/mol. The number of nitrogens with one attached hydrogen (secondary N) is 3. The van der Waals surface area contributed by atoms with E-state index in [4.69, 9.17) is 18.6 Å². The number of furan rings is 1. The van der Waals surface area contributed by atoms with E-state index in [1.165, 1.54) is 0 Å². The number of aliphatic hydroxyl groups excluding tert-OH is 1. The predicted molar refractivity (Wildman–Crippen MR) is 94.7 cm³/mol. The van der Waals surface area contributed by atoms with E-state index < -0.39 is 24.3 Å². The summed E-state index contributed by atoms with van der Waals surface area (Å²) in [5.74, 6) is -0.873. The van der Waals surface area contributed by atoms with Crippen LogP contribution in [0.2, 0.25) is 0 Å². The van der Waals surface area contributed by atoms with Crippen LogP contribution in [0.1, 0.15) is 18.6 Å². The summed E-state index contributed by atoms with van der Waals surface area (Å²) in [7, 11) is 3.58. The van der Waals surface area contributed by atoms with Crippen molar-refractivity contribution < 1.29 is 28.8 Å². The van der Waals surface area contributed by atoms with Crippen LogP contribution in [0.4, 0.5) is 0 Å². The molecule has 27 heavy (non-hydrogen) atoms. The van der Waals surface area contributed by atoms with E-state index in [0.29, 0.717) is 26.0 Å². The molecule has 0 spiro atoms. The molecule has 2 saturated heterocycles. The van der Waals surface area contributed by atoms with Crippen molar-refractivity contribution in [3.63, 3.8) is 0 Å². The lowest BCUT2D eigenvalue weighted by Gasteiger charge is -2.56. The van der Waals surface area contributed by atoms with Gasteiger partial charge in [0.15, 0.2) is 0 Å². The summed E-state index contributed by atoms with van der Waals surface area (Å²) < 4.78 is 23.4. The molecule has 4 rings (SSSR count). The molecule has 0 bridgehead atoms. The SMILES string of the molecule is CN[C@H]1CC2OC3OCC[C@@H](NCc4ccco4)[C@]3(O)OC2[C@@H](NC)[C@H]1O. The summed E-state index contributed by atoms with van der Waals surface area (Å²) in [6.07, 6.45) is 0.419. The van der Waals surface area contributed by atoms with Gasteiger partial charge in [0.05, 0.1) is 43.7 Å². The van der Waals surface area contributed by atoms with Crippen LogP contribution in [0.25, 0.3) is 0 Å². The van der Waals surface area contributed by atoms with E-state index >= 15 is 0 Å². The minimum atomic E-state index is -1.65. The number of ether oxygens (including phenoxy) is 3. The Morgan fingerprint density at radius 3 is 2.85 bits per heavy atom. The number of hydrogen-bond donors (Lipinski definition) is 5. The number of rotatable bonds is 5. The summed E-state index contributed by atoms with van der Waals surface area (Å²) in [6, 6.07) is 2.80. The van der Waals surface area contributed by atoms with Gasteiger partial charge in [0, 0.05) is 6.04 Å². The summed E-state index contributed by atoms with van der Waals surface area (Å²) in [6.45, 7) is 0.918. The molecule has 0 amide bonds. The molecule has 3 unspecified atom stereocenters. The van der Waals surface area contributed by atoms with E-state index in [2.05, 4.69) is 16.0 Å². The fourth-order valence-electron chi connectivity index (χ4n) is 4.43. The molecule has 0 radical (unpaired) electrons. The minimum absolute atomic E-state index is 0.130. The van der Waals surface area contributed by atoms with Gasteiger partial charge in [0.2, 0.25) is 12.1 Å². The second-order valence-electron chi connectivity index (χ2n) is 7.45. The smallest absolute Gasteiger partial charge is 0.234 e. The monoisotopic (exact) mass is 383 g/mol. The maximum Gasteiger partial charge on any atom is 0.234 e. The number of fused-ring (bicyclic) bond motifs is 2. The van der Waals surface area contributed by atoms with Gasteiger partial charge < -0.3 is 44.8 Å². The van der Waals surface area contributed by atoms with Gasteiger partial charge in [0.25, 0.3) is 0 Å². The quantitative estimate of drug-likeness (QED) is 0.432.